The van der Waals surface area contributed by atoms with E-state index in [0.29, 0.717) is 5.92 Å². The van der Waals surface area contributed by atoms with Crippen LogP contribution in [0.2, 0.25) is 4.34 Å². The second kappa shape index (κ2) is 6.68. The lowest BCUT2D eigenvalue weighted by atomic mass is 10.2. The van der Waals surface area contributed by atoms with Crippen molar-refractivity contribution < 1.29 is 0 Å². The molecule has 2 aromatic rings. The van der Waals surface area contributed by atoms with Crippen LogP contribution < -0.4 is 5.32 Å². The van der Waals surface area contributed by atoms with Crippen molar-refractivity contribution in [1.82, 2.24) is 9.97 Å². The summed E-state index contributed by atoms with van der Waals surface area (Å²) in [7, 11) is 0. The normalized spacial score (nSPS) is 14.5. The van der Waals surface area contributed by atoms with Gasteiger partial charge in [0.1, 0.15) is 10.2 Å². The van der Waals surface area contributed by atoms with Gasteiger partial charge in [-0.2, -0.15) is 0 Å². The zero-order valence-electron chi connectivity index (χ0n) is 11.4. The summed E-state index contributed by atoms with van der Waals surface area (Å²) in [4.78, 5) is 10.5. The summed E-state index contributed by atoms with van der Waals surface area (Å²) < 4.78 is 2.81. The summed E-state index contributed by atoms with van der Waals surface area (Å²) >= 11 is 13.5. The van der Waals surface area contributed by atoms with Crippen molar-refractivity contribution >= 4 is 67.3 Å². The van der Waals surface area contributed by atoms with E-state index in [-0.39, 0.29) is 0 Å². The molecule has 1 N–H and O–H groups in total. The van der Waals surface area contributed by atoms with E-state index in [2.05, 4.69) is 50.8 Å². The standard InChI is InChI=1S/C14H14BrClIN3S/c1-2-5-18-14-10(17)11(7-3-4-7)19-13(20-14)9-6-8(15)12(16)21-9/h6-7H,2-5H2,1H3,(H,18,19,20). The third-order valence-corrected chi connectivity index (χ3v) is 6.78. The molecule has 0 saturated heterocycles. The zero-order chi connectivity index (χ0) is 15.0. The van der Waals surface area contributed by atoms with E-state index >= 15 is 0 Å². The maximum absolute atomic E-state index is 6.15. The number of hydrogen-bond acceptors (Lipinski definition) is 4. The predicted molar refractivity (Wildman–Crippen MR) is 102 cm³/mol. The highest BCUT2D eigenvalue weighted by Crippen LogP contribution is 2.44. The quantitative estimate of drug-likeness (QED) is 0.520. The van der Waals surface area contributed by atoms with Crippen LogP contribution in [-0.2, 0) is 0 Å². The first-order valence-electron chi connectivity index (χ1n) is 6.86. The second-order valence-corrected chi connectivity index (χ2v) is 8.62. The van der Waals surface area contributed by atoms with Crippen LogP contribution in [0.25, 0.3) is 10.7 Å². The van der Waals surface area contributed by atoms with E-state index in [9.17, 15) is 0 Å². The largest absolute Gasteiger partial charge is 0.369 e. The minimum Gasteiger partial charge on any atom is -0.369 e. The molecule has 0 amide bonds. The molecule has 1 saturated carbocycles. The first kappa shape index (κ1) is 16.0. The van der Waals surface area contributed by atoms with Gasteiger partial charge in [0.05, 0.1) is 14.1 Å². The maximum atomic E-state index is 6.15. The molecule has 0 bridgehead atoms. The lowest BCUT2D eigenvalue weighted by Crippen LogP contribution is -2.08. The fourth-order valence-electron chi connectivity index (χ4n) is 2.02. The monoisotopic (exact) mass is 497 g/mol. The Labute approximate surface area is 155 Å². The summed E-state index contributed by atoms with van der Waals surface area (Å²) in [6, 6.07) is 2.00. The first-order chi connectivity index (χ1) is 10.1. The molecule has 112 valence electrons. The Balaban J connectivity index is 2.05. The van der Waals surface area contributed by atoms with Gasteiger partial charge in [0.2, 0.25) is 0 Å². The Morgan fingerprint density at radius 2 is 2.24 bits per heavy atom. The van der Waals surface area contributed by atoms with Gasteiger partial charge in [-0.05, 0) is 63.8 Å². The Morgan fingerprint density at radius 1 is 1.48 bits per heavy atom. The molecule has 3 nitrogen and oxygen atoms in total. The molecule has 1 aliphatic carbocycles. The fraction of sp³-hybridized carbons (Fsp3) is 0.429. The number of rotatable bonds is 5. The molecule has 0 aromatic carbocycles. The Kier molecular flexibility index (Phi) is 5.08. The van der Waals surface area contributed by atoms with Gasteiger partial charge in [0.25, 0.3) is 0 Å². The van der Waals surface area contributed by atoms with Gasteiger partial charge >= 0.3 is 0 Å². The number of nitrogens with one attached hydrogen (secondary N) is 1. The molecule has 0 spiro atoms. The van der Waals surface area contributed by atoms with Gasteiger partial charge in [0, 0.05) is 16.9 Å². The SMILES string of the molecule is CCCNc1nc(-c2cc(Br)c(Cl)s2)nc(C2CC2)c1I. The van der Waals surface area contributed by atoms with Crippen molar-refractivity contribution in [3.05, 3.63) is 24.1 Å². The number of anilines is 1. The third-order valence-electron chi connectivity index (χ3n) is 3.25. The number of nitrogens with zero attached hydrogens (tertiary/aromatic N) is 2. The van der Waals surface area contributed by atoms with Crippen molar-refractivity contribution in [3.63, 3.8) is 0 Å². The van der Waals surface area contributed by atoms with Crippen LogP contribution in [0, 0.1) is 3.57 Å². The Hall–Kier alpha value is 0.0800. The molecule has 2 aromatic heterocycles. The van der Waals surface area contributed by atoms with Crippen LogP contribution in [0.3, 0.4) is 0 Å². The van der Waals surface area contributed by atoms with Gasteiger partial charge < -0.3 is 5.32 Å². The van der Waals surface area contributed by atoms with Crippen molar-refractivity contribution in [2.45, 2.75) is 32.1 Å². The van der Waals surface area contributed by atoms with Gasteiger partial charge in [-0.1, -0.05) is 18.5 Å². The summed E-state index contributed by atoms with van der Waals surface area (Å²) in [6.45, 7) is 3.07. The summed E-state index contributed by atoms with van der Waals surface area (Å²) in [5.74, 6) is 2.32. The summed E-state index contributed by atoms with van der Waals surface area (Å²) in [6.07, 6.45) is 3.54. The molecule has 21 heavy (non-hydrogen) atoms. The molecular weight excluding hydrogens is 485 g/mol. The third kappa shape index (κ3) is 3.54. The van der Waals surface area contributed by atoms with Crippen molar-refractivity contribution in [3.8, 4) is 10.7 Å². The van der Waals surface area contributed by atoms with Crippen LogP contribution >= 0.6 is 61.5 Å². The minimum atomic E-state index is 0.597. The number of aromatic nitrogens is 2. The smallest absolute Gasteiger partial charge is 0.172 e. The van der Waals surface area contributed by atoms with E-state index in [0.717, 1.165) is 41.9 Å². The number of halogens is 3. The highest BCUT2D eigenvalue weighted by molar-refractivity contribution is 14.1. The molecule has 2 heterocycles. The van der Waals surface area contributed by atoms with E-state index < -0.39 is 0 Å². The van der Waals surface area contributed by atoms with E-state index in [4.69, 9.17) is 21.6 Å². The topological polar surface area (TPSA) is 37.8 Å². The van der Waals surface area contributed by atoms with Crippen molar-refractivity contribution in [1.29, 1.82) is 0 Å². The van der Waals surface area contributed by atoms with Crippen LogP contribution in [0.4, 0.5) is 5.82 Å². The molecule has 0 atom stereocenters. The number of thiophene rings is 1. The molecule has 7 heteroatoms. The highest BCUT2D eigenvalue weighted by atomic mass is 127. The van der Waals surface area contributed by atoms with Crippen molar-refractivity contribution in [2.24, 2.45) is 0 Å². The van der Waals surface area contributed by atoms with Crippen LogP contribution in [-0.4, -0.2) is 16.5 Å². The first-order valence-corrected chi connectivity index (χ1v) is 9.93. The van der Waals surface area contributed by atoms with Crippen LogP contribution in [0.15, 0.2) is 10.5 Å². The molecule has 3 rings (SSSR count). The molecule has 1 aliphatic rings. The van der Waals surface area contributed by atoms with Crippen molar-refractivity contribution in [2.75, 3.05) is 11.9 Å². The average molecular weight is 499 g/mol. The van der Waals surface area contributed by atoms with E-state index in [1.165, 1.54) is 29.9 Å². The Morgan fingerprint density at radius 3 is 2.81 bits per heavy atom. The zero-order valence-corrected chi connectivity index (χ0v) is 16.7. The number of hydrogen-bond donors (Lipinski definition) is 1. The minimum absolute atomic E-state index is 0.597. The van der Waals surface area contributed by atoms with Crippen LogP contribution in [0.1, 0.15) is 37.8 Å². The van der Waals surface area contributed by atoms with Gasteiger partial charge in [0.15, 0.2) is 5.82 Å². The maximum Gasteiger partial charge on any atom is 0.172 e. The summed E-state index contributed by atoms with van der Waals surface area (Å²) in [5, 5.41) is 3.42. The fourth-order valence-corrected chi connectivity index (χ4v) is 4.53. The molecule has 0 aliphatic heterocycles. The Bertz CT molecular complexity index is 653. The molecule has 1 fully saturated rings. The molecule has 0 unspecified atom stereocenters. The second-order valence-electron chi connectivity index (χ2n) is 5.03. The highest BCUT2D eigenvalue weighted by Gasteiger charge is 2.29. The van der Waals surface area contributed by atoms with Gasteiger partial charge in [-0.25, -0.2) is 9.97 Å². The molecular formula is C14H14BrClIN3S. The molecule has 0 radical (unpaired) electrons. The van der Waals surface area contributed by atoms with E-state index in [1.807, 2.05) is 6.07 Å². The average Bonchev–Trinajstić information content (AvgIpc) is 3.24. The van der Waals surface area contributed by atoms with Crippen LogP contribution in [0.5, 0.6) is 0 Å². The van der Waals surface area contributed by atoms with E-state index in [1.54, 1.807) is 0 Å². The lowest BCUT2D eigenvalue weighted by Gasteiger charge is -2.11. The summed E-state index contributed by atoms with van der Waals surface area (Å²) in [5.41, 5.74) is 1.18. The predicted octanol–water partition coefficient (Wildman–Crippen LogP) is 5.92. The lowest BCUT2D eigenvalue weighted by molar-refractivity contribution is 0.940. The van der Waals surface area contributed by atoms with Gasteiger partial charge in [-0.15, -0.1) is 11.3 Å². The van der Waals surface area contributed by atoms with Gasteiger partial charge in [-0.3, -0.25) is 0 Å².